The number of likely N-dealkylation sites (tertiary alicyclic amines) is 1. The molecule has 2 saturated heterocycles. The number of carbonyl (C=O) groups is 1. The quantitative estimate of drug-likeness (QED) is 0.119. The van der Waals surface area contributed by atoms with Gasteiger partial charge in [-0.25, -0.2) is 16.8 Å². The number of rotatable bonds is 13. The molecule has 10 rings (SSSR count). The zero-order chi connectivity index (χ0) is 41.6. The summed E-state index contributed by atoms with van der Waals surface area (Å²) in [5.74, 6) is 5.23. The second-order valence-corrected chi connectivity index (χ2v) is 21.6. The Balaban J connectivity index is 0.000000137. The van der Waals surface area contributed by atoms with Crippen LogP contribution >= 0.6 is 0 Å². The average Bonchev–Trinajstić information content (AvgIpc) is 4.19. The number of nitrogens with zero attached hydrogens (tertiary/aromatic N) is 1. The number of hydrogen-bond acceptors (Lipinski definition) is 7. The lowest BCUT2D eigenvalue weighted by atomic mass is 9.87. The molecule has 8 unspecified atom stereocenters. The molecule has 0 radical (unpaired) electrons. The zero-order valence-corrected chi connectivity index (χ0v) is 36.4. The van der Waals surface area contributed by atoms with Gasteiger partial charge in [0.25, 0.3) is 0 Å². The van der Waals surface area contributed by atoms with Gasteiger partial charge >= 0.3 is 0 Å². The predicted octanol–water partition coefficient (Wildman–Crippen LogP) is 7.62. The summed E-state index contributed by atoms with van der Waals surface area (Å²) >= 11 is 0. The molecule has 4 aromatic rings. The van der Waals surface area contributed by atoms with Crippen molar-refractivity contribution in [1.82, 2.24) is 10.2 Å². The molecule has 4 aliphatic carbocycles. The lowest BCUT2D eigenvalue weighted by Gasteiger charge is -2.27. The van der Waals surface area contributed by atoms with Gasteiger partial charge in [0.05, 0.1) is 12.5 Å². The van der Waals surface area contributed by atoms with Crippen LogP contribution in [0.3, 0.4) is 0 Å². The van der Waals surface area contributed by atoms with E-state index in [2.05, 4.69) is 94.2 Å². The second kappa shape index (κ2) is 16.4. The number of hydrogen-bond donors (Lipinski definition) is 3. The monoisotopic (exact) mass is 836 g/mol. The lowest BCUT2D eigenvalue weighted by Crippen LogP contribution is -2.32. The van der Waals surface area contributed by atoms with Gasteiger partial charge < -0.3 is 15.0 Å². The van der Waals surface area contributed by atoms with Crippen molar-refractivity contribution in [3.05, 3.63) is 131 Å². The third kappa shape index (κ3) is 8.90. The highest BCUT2D eigenvalue weighted by Crippen LogP contribution is 2.66. The fraction of sp³-hybridized carbons (Fsp3) is 0.479. The molecule has 11 heteroatoms. The van der Waals surface area contributed by atoms with E-state index < -0.39 is 20.0 Å². The standard InChI is InChI=1S/C24H30N2O2S.C14H20N2O2S.C10H10O/c1-3-24(19-10-7-11-20(13-19)25-29(2,27)28)22-15-26(16-23(22)24)14-18-12-21(18)17-8-5-4-6-9-17;1-3-14(12-8-15-9-13(12)14)10-5-4-6-11(7-10)16-19(2,17)18;11-7-9-6-10(9)8-4-2-1-3-5-8/h4-11,13,18,21-23,25H,3,12,14-16H2,1-2H3;4-7,12-13,15-16H,3,8-9H2,1-2H3;1-5,7,9-10H,6H2. The van der Waals surface area contributed by atoms with E-state index in [9.17, 15) is 21.6 Å². The maximum Gasteiger partial charge on any atom is 0.229 e. The molecule has 0 bridgehead atoms. The van der Waals surface area contributed by atoms with Crippen LogP contribution in [0, 0.1) is 35.5 Å². The van der Waals surface area contributed by atoms with Gasteiger partial charge in [-0.2, -0.15) is 0 Å². The van der Waals surface area contributed by atoms with E-state index in [1.54, 1.807) is 0 Å². The topological polar surface area (TPSA) is 125 Å². The van der Waals surface area contributed by atoms with Crippen molar-refractivity contribution < 1.29 is 21.6 Å². The van der Waals surface area contributed by atoms with Crippen molar-refractivity contribution in [2.24, 2.45) is 35.5 Å². The summed E-state index contributed by atoms with van der Waals surface area (Å²) in [5, 5.41) is 3.42. The van der Waals surface area contributed by atoms with Crippen LogP contribution in [0.5, 0.6) is 0 Å². The molecule has 0 spiro atoms. The third-order valence-electron chi connectivity index (χ3n) is 14.5. The number of piperidine rings is 2. The number of carbonyl (C=O) groups excluding carboxylic acids is 1. The Kier molecular flexibility index (Phi) is 11.6. The maximum atomic E-state index is 11.6. The molecule has 0 aromatic heterocycles. The Labute approximate surface area is 351 Å². The van der Waals surface area contributed by atoms with Gasteiger partial charge in [0.1, 0.15) is 6.29 Å². The molecule has 8 atom stereocenters. The van der Waals surface area contributed by atoms with Crippen molar-refractivity contribution in [2.45, 2.75) is 62.2 Å². The SMILES string of the molecule is CCC1(c2cccc(NS(C)(=O)=O)c2)C2CN(CC3CC3c3ccccc3)CC21.CCC1(c2cccc(NS(C)(=O)=O)c2)C2CNCC21.O=CC1CC1c1ccccc1. The number of fused-ring (bicyclic) bond motifs is 2. The van der Waals surface area contributed by atoms with Crippen molar-refractivity contribution in [3.8, 4) is 0 Å². The van der Waals surface area contributed by atoms with E-state index >= 15 is 0 Å². The van der Waals surface area contributed by atoms with Gasteiger partial charge in [0.2, 0.25) is 20.0 Å². The fourth-order valence-corrected chi connectivity index (χ4v) is 12.5. The van der Waals surface area contributed by atoms with Crippen molar-refractivity contribution >= 4 is 37.7 Å². The Hall–Kier alpha value is -4.03. The van der Waals surface area contributed by atoms with Gasteiger partial charge in [-0.05, 0) is 127 Å². The van der Waals surface area contributed by atoms with E-state index in [4.69, 9.17) is 0 Å². The van der Waals surface area contributed by atoms with E-state index in [0.717, 1.165) is 50.5 Å². The maximum absolute atomic E-state index is 11.6. The van der Waals surface area contributed by atoms with E-state index in [1.165, 1.54) is 60.8 Å². The first-order chi connectivity index (χ1) is 28.3. The number of anilines is 2. The Morgan fingerprint density at radius 3 is 1.56 bits per heavy atom. The zero-order valence-electron chi connectivity index (χ0n) is 34.8. The first-order valence-corrected chi connectivity index (χ1v) is 25.2. The van der Waals surface area contributed by atoms with E-state index in [-0.39, 0.29) is 10.8 Å². The minimum Gasteiger partial charge on any atom is -0.316 e. The van der Waals surface area contributed by atoms with E-state index in [0.29, 0.717) is 46.9 Å². The molecule has 6 aliphatic rings. The third-order valence-corrected chi connectivity index (χ3v) is 15.7. The largest absolute Gasteiger partial charge is 0.316 e. The van der Waals surface area contributed by atoms with Gasteiger partial charge in [-0.15, -0.1) is 0 Å². The molecule has 6 fully saturated rings. The minimum absolute atomic E-state index is 0.230. The Morgan fingerprint density at radius 2 is 1.12 bits per heavy atom. The van der Waals surface area contributed by atoms with E-state index in [1.807, 2.05) is 48.5 Å². The summed E-state index contributed by atoms with van der Waals surface area (Å²) in [7, 11) is -6.45. The second-order valence-electron chi connectivity index (χ2n) is 18.1. The molecule has 4 aromatic carbocycles. The highest BCUT2D eigenvalue weighted by molar-refractivity contribution is 7.92. The van der Waals surface area contributed by atoms with Crippen LogP contribution in [0.25, 0.3) is 0 Å². The molecule has 314 valence electrons. The summed E-state index contributed by atoms with van der Waals surface area (Å²) < 4.78 is 51.1. The molecule has 9 nitrogen and oxygen atoms in total. The van der Waals surface area contributed by atoms with Crippen LogP contribution in [-0.2, 0) is 35.7 Å². The Morgan fingerprint density at radius 1 is 0.644 bits per heavy atom. The summed E-state index contributed by atoms with van der Waals surface area (Å²) in [4.78, 5) is 13.0. The van der Waals surface area contributed by atoms with Crippen LogP contribution < -0.4 is 14.8 Å². The van der Waals surface area contributed by atoms with Crippen molar-refractivity contribution in [2.75, 3.05) is 54.7 Å². The number of nitrogens with one attached hydrogen (secondary N) is 3. The highest BCUT2D eigenvalue weighted by atomic mass is 32.2. The molecular weight excluding hydrogens is 777 g/mol. The first kappa shape index (κ1) is 41.7. The summed E-state index contributed by atoms with van der Waals surface area (Å²) in [6.45, 7) is 10.3. The van der Waals surface area contributed by atoms with Crippen molar-refractivity contribution in [1.29, 1.82) is 0 Å². The first-order valence-electron chi connectivity index (χ1n) is 21.4. The molecule has 0 amide bonds. The van der Waals surface area contributed by atoms with Crippen LogP contribution in [0.15, 0.2) is 109 Å². The minimum atomic E-state index is -3.25. The van der Waals surface area contributed by atoms with Gasteiger partial charge in [0.15, 0.2) is 0 Å². The van der Waals surface area contributed by atoms with Gasteiger partial charge in [-0.1, -0.05) is 98.8 Å². The lowest BCUT2D eigenvalue weighted by molar-refractivity contribution is -0.108. The van der Waals surface area contributed by atoms with Crippen LogP contribution in [-0.4, -0.2) is 73.3 Å². The average molecular weight is 837 g/mol. The summed E-state index contributed by atoms with van der Waals surface area (Å²) in [6.07, 6.45) is 8.07. The van der Waals surface area contributed by atoms with Crippen LogP contribution in [0.4, 0.5) is 11.4 Å². The fourth-order valence-electron chi connectivity index (χ4n) is 11.4. The molecular formula is C48H60N4O5S2. The van der Waals surface area contributed by atoms with Crippen LogP contribution in [0.2, 0.25) is 0 Å². The summed E-state index contributed by atoms with van der Waals surface area (Å²) in [6, 6.07) is 37.1. The molecule has 2 heterocycles. The van der Waals surface area contributed by atoms with Gasteiger partial charge in [-0.3, -0.25) is 9.44 Å². The molecule has 2 aliphatic heterocycles. The Bertz CT molecular complexity index is 2320. The normalized spacial score (nSPS) is 32.2. The molecule has 4 saturated carbocycles. The number of aldehydes is 1. The van der Waals surface area contributed by atoms with Crippen molar-refractivity contribution in [3.63, 3.8) is 0 Å². The number of sulfonamides is 2. The number of benzene rings is 4. The molecule has 59 heavy (non-hydrogen) atoms. The molecule has 3 N–H and O–H groups in total. The predicted molar refractivity (Wildman–Crippen MR) is 238 cm³/mol. The van der Waals surface area contributed by atoms with Gasteiger partial charge in [0, 0.05) is 47.8 Å². The smallest absolute Gasteiger partial charge is 0.229 e. The highest BCUT2D eigenvalue weighted by Gasteiger charge is 2.68. The van der Waals surface area contributed by atoms with Crippen LogP contribution in [0.1, 0.15) is 73.6 Å². The summed E-state index contributed by atoms with van der Waals surface area (Å²) in [5.41, 5.74) is 7.24.